The molecule has 2 rings (SSSR count). The maximum absolute atomic E-state index is 12.0. The zero-order chi connectivity index (χ0) is 11.7. The van der Waals surface area contributed by atoms with Gasteiger partial charge >= 0.3 is 0 Å². The van der Waals surface area contributed by atoms with Crippen LogP contribution in [-0.2, 0) is 17.8 Å². The summed E-state index contributed by atoms with van der Waals surface area (Å²) in [5.74, 6) is 0.519. The zero-order valence-corrected chi connectivity index (χ0v) is 10.1. The molecule has 16 heavy (non-hydrogen) atoms. The van der Waals surface area contributed by atoms with Crippen molar-refractivity contribution in [3.63, 3.8) is 0 Å². The first-order valence-electron chi connectivity index (χ1n) is 5.12. The van der Waals surface area contributed by atoms with Gasteiger partial charge in [0.05, 0.1) is 10.8 Å². The number of hydrogen-bond donors (Lipinski definition) is 0. The topological polar surface area (TPSA) is 39.1 Å². The van der Waals surface area contributed by atoms with Crippen LogP contribution in [0.25, 0.3) is 10.8 Å². The van der Waals surface area contributed by atoms with E-state index in [1.54, 1.807) is 13.1 Å². The molecule has 0 amide bonds. The van der Waals surface area contributed by atoms with Crippen molar-refractivity contribution in [1.29, 1.82) is 0 Å². The van der Waals surface area contributed by atoms with Gasteiger partial charge in [-0.05, 0) is 17.5 Å². The number of benzene rings is 1. The number of fused-ring (bicyclic) bond motifs is 1. The highest BCUT2D eigenvalue weighted by molar-refractivity contribution is 7.84. The maximum Gasteiger partial charge on any atom is 0.259 e. The Morgan fingerprint density at radius 1 is 1.31 bits per heavy atom. The Hall–Kier alpha value is -1.42. The van der Waals surface area contributed by atoms with E-state index < -0.39 is 10.8 Å². The molecule has 0 aliphatic carbocycles. The second-order valence-corrected chi connectivity index (χ2v) is 5.25. The average molecular weight is 235 g/mol. The first-order valence-corrected chi connectivity index (χ1v) is 6.44. The van der Waals surface area contributed by atoms with E-state index in [9.17, 15) is 9.00 Å². The summed E-state index contributed by atoms with van der Waals surface area (Å²) in [6.07, 6.45) is 0. The highest BCUT2D eigenvalue weighted by Crippen LogP contribution is 2.13. The first kappa shape index (κ1) is 11.1. The van der Waals surface area contributed by atoms with E-state index in [0.717, 1.165) is 5.39 Å². The van der Waals surface area contributed by atoms with Crippen LogP contribution < -0.4 is 5.56 Å². The Bertz CT molecular complexity index is 616. The minimum Gasteiger partial charge on any atom is -0.304 e. The SMILES string of the molecule is CCS(=O)c1cc2ccccc2c(=O)n1C. The van der Waals surface area contributed by atoms with Gasteiger partial charge in [-0.2, -0.15) is 0 Å². The van der Waals surface area contributed by atoms with Gasteiger partial charge in [-0.15, -0.1) is 0 Å². The molecule has 3 nitrogen and oxygen atoms in total. The van der Waals surface area contributed by atoms with E-state index >= 15 is 0 Å². The van der Waals surface area contributed by atoms with Crippen molar-refractivity contribution >= 4 is 21.6 Å². The molecule has 0 aliphatic heterocycles. The fourth-order valence-corrected chi connectivity index (χ4v) is 2.64. The second kappa shape index (κ2) is 4.22. The normalized spacial score (nSPS) is 12.9. The summed E-state index contributed by atoms with van der Waals surface area (Å²) in [4.78, 5) is 12.0. The fourth-order valence-electron chi connectivity index (χ4n) is 1.69. The number of hydrogen-bond acceptors (Lipinski definition) is 2. The van der Waals surface area contributed by atoms with Crippen LogP contribution in [0.4, 0.5) is 0 Å². The predicted octanol–water partition coefficient (Wildman–Crippen LogP) is 1.67. The van der Waals surface area contributed by atoms with Gasteiger partial charge < -0.3 is 4.57 Å². The molecule has 4 heteroatoms. The van der Waals surface area contributed by atoms with E-state index in [-0.39, 0.29) is 5.56 Å². The molecular weight excluding hydrogens is 222 g/mol. The molecule has 1 heterocycles. The summed E-state index contributed by atoms with van der Waals surface area (Å²) in [5.41, 5.74) is -0.0881. The largest absolute Gasteiger partial charge is 0.304 e. The van der Waals surface area contributed by atoms with Gasteiger partial charge in [-0.3, -0.25) is 9.00 Å². The standard InChI is InChI=1S/C12H13NO2S/c1-3-16(15)11-8-9-6-4-5-7-10(9)12(14)13(11)2/h4-8H,3H2,1-2H3. The van der Waals surface area contributed by atoms with Gasteiger partial charge in [0.15, 0.2) is 0 Å². The van der Waals surface area contributed by atoms with Gasteiger partial charge in [0.1, 0.15) is 5.03 Å². The van der Waals surface area contributed by atoms with Crippen molar-refractivity contribution in [1.82, 2.24) is 4.57 Å². The lowest BCUT2D eigenvalue weighted by atomic mass is 10.2. The molecule has 0 saturated carbocycles. The third-order valence-corrected chi connectivity index (χ3v) is 3.98. The molecule has 0 aliphatic rings. The van der Waals surface area contributed by atoms with Crippen LogP contribution >= 0.6 is 0 Å². The number of pyridine rings is 1. The molecule has 2 aromatic rings. The lowest BCUT2D eigenvalue weighted by Gasteiger charge is -2.08. The van der Waals surface area contributed by atoms with Crippen LogP contribution in [-0.4, -0.2) is 14.5 Å². The minimum atomic E-state index is -1.11. The molecule has 0 spiro atoms. The third kappa shape index (κ3) is 1.69. The lowest BCUT2D eigenvalue weighted by molar-refractivity contribution is 0.668. The molecule has 0 bridgehead atoms. The quantitative estimate of drug-likeness (QED) is 0.794. The first-order chi connectivity index (χ1) is 7.65. The Kier molecular flexibility index (Phi) is 2.92. The highest BCUT2D eigenvalue weighted by Gasteiger charge is 2.09. The van der Waals surface area contributed by atoms with Crippen LogP contribution in [0.3, 0.4) is 0 Å². The van der Waals surface area contributed by atoms with Crippen molar-refractivity contribution in [3.8, 4) is 0 Å². The van der Waals surface area contributed by atoms with E-state index in [0.29, 0.717) is 16.2 Å². The van der Waals surface area contributed by atoms with Crippen LogP contribution in [0.15, 0.2) is 40.2 Å². The molecule has 0 N–H and O–H groups in total. The van der Waals surface area contributed by atoms with E-state index in [1.165, 1.54) is 4.57 Å². The van der Waals surface area contributed by atoms with Gasteiger partial charge in [0.25, 0.3) is 5.56 Å². The average Bonchev–Trinajstić information content (AvgIpc) is 2.33. The maximum atomic E-state index is 12.0. The summed E-state index contributed by atoms with van der Waals surface area (Å²) in [6.45, 7) is 1.84. The van der Waals surface area contributed by atoms with Crippen LogP contribution in [0.2, 0.25) is 0 Å². The number of nitrogens with zero attached hydrogens (tertiary/aromatic N) is 1. The number of aromatic nitrogens is 1. The van der Waals surface area contributed by atoms with E-state index in [1.807, 2.05) is 31.2 Å². The predicted molar refractivity (Wildman–Crippen MR) is 66.1 cm³/mol. The Morgan fingerprint density at radius 2 is 2.00 bits per heavy atom. The van der Waals surface area contributed by atoms with Gasteiger partial charge in [0, 0.05) is 18.2 Å². The molecule has 1 unspecified atom stereocenters. The number of rotatable bonds is 2. The molecule has 0 radical (unpaired) electrons. The van der Waals surface area contributed by atoms with Crippen molar-refractivity contribution in [3.05, 3.63) is 40.7 Å². The Morgan fingerprint density at radius 3 is 2.69 bits per heavy atom. The summed E-state index contributed by atoms with van der Waals surface area (Å²) < 4.78 is 13.3. The minimum absolute atomic E-state index is 0.0881. The summed E-state index contributed by atoms with van der Waals surface area (Å²) in [7, 11) is 0.559. The zero-order valence-electron chi connectivity index (χ0n) is 9.27. The molecule has 1 aromatic carbocycles. The molecule has 1 atom stereocenters. The van der Waals surface area contributed by atoms with Gasteiger partial charge in [-0.1, -0.05) is 25.1 Å². The molecule has 0 saturated heterocycles. The van der Waals surface area contributed by atoms with Crippen molar-refractivity contribution < 1.29 is 4.21 Å². The fraction of sp³-hybridized carbons (Fsp3) is 0.250. The van der Waals surface area contributed by atoms with Gasteiger partial charge in [-0.25, -0.2) is 0 Å². The summed E-state index contributed by atoms with van der Waals surface area (Å²) >= 11 is 0. The van der Waals surface area contributed by atoms with Gasteiger partial charge in [0.2, 0.25) is 0 Å². The molecule has 84 valence electrons. The van der Waals surface area contributed by atoms with E-state index in [4.69, 9.17) is 0 Å². The van der Waals surface area contributed by atoms with E-state index in [2.05, 4.69) is 0 Å². The summed E-state index contributed by atoms with van der Waals surface area (Å²) in [5, 5.41) is 2.11. The summed E-state index contributed by atoms with van der Waals surface area (Å²) in [6, 6.07) is 9.19. The third-order valence-electron chi connectivity index (χ3n) is 2.60. The molecular formula is C12H13NO2S. The Balaban J connectivity index is 2.84. The van der Waals surface area contributed by atoms with Crippen molar-refractivity contribution in [2.45, 2.75) is 11.9 Å². The highest BCUT2D eigenvalue weighted by atomic mass is 32.2. The molecule has 1 aromatic heterocycles. The smallest absolute Gasteiger partial charge is 0.259 e. The van der Waals surface area contributed by atoms with Crippen molar-refractivity contribution in [2.24, 2.45) is 7.05 Å². The molecule has 0 fully saturated rings. The lowest BCUT2D eigenvalue weighted by Crippen LogP contribution is -2.21. The van der Waals surface area contributed by atoms with Crippen LogP contribution in [0, 0.1) is 0 Å². The monoisotopic (exact) mass is 235 g/mol. The van der Waals surface area contributed by atoms with Crippen LogP contribution in [0.5, 0.6) is 0 Å². The van der Waals surface area contributed by atoms with Crippen molar-refractivity contribution in [2.75, 3.05) is 5.75 Å². The van der Waals surface area contributed by atoms with Crippen LogP contribution in [0.1, 0.15) is 6.92 Å². The second-order valence-electron chi connectivity index (χ2n) is 3.57. The Labute approximate surface area is 96.2 Å².